The van der Waals surface area contributed by atoms with Crippen molar-refractivity contribution in [2.75, 3.05) is 26.9 Å². The standard InChI is InChI=1S/C25H32N4O6/c1-14(2)6-19-9-18(8-16(4)27-19)25-28-24(29-35-25)17-7-15(3)23(21(10-17)33-5)34-13-20(31)11-26-22(32)12-30/h7-10,14,20,30-31H,6,11-13H2,1-5H3,(H,26,32)/t20-/m1/s1. The maximum absolute atomic E-state index is 11.1. The van der Waals surface area contributed by atoms with E-state index in [0.717, 1.165) is 28.9 Å². The van der Waals surface area contributed by atoms with Gasteiger partial charge in [-0.1, -0.05) is 19.0 Å². The molecule has 3 aromatic rings. The predicted molar refractivity (Wildman–Crippen MR) is 129 cm³/mol. The lowest BCUT2D eigenvalue weighted by atomic mass is 10.1. The second-order valence-electron chi connectivity index (χ2n) is 8.76. The number of carbonyl (C=O) groups is 1. The van der Waals surface area contributed by atoms with Crippen molar-refractivity contribution < 1.29 is 29.0 Å². The summed E-state index contributed by atoms with van der Waals surface area (Å²) in [5, 5.41) is 25.3. The quantitative estimate of drug-likeness (QED) is 0.374. The van der Waals surface area contributed by atoms with E-state index in [2.05, 4.69) is 34.3 Å². The summed E-state index contributed by atoms with van der Waals surface area (Å²) in [6.07, 6.45) is -0.103. The Morgan fingerprint density at radius 3 is 2.60 bits per heavy atom. The summed E-state index contributed by atoms with van der Waals surface area (Å²) in [6, 6.07) is 7.47. The zero-order valence-electron chi connectivity index (χ0n) is 20.7. The van der Waals surface area contributed by atoms with Crippen LogP contribution >= 0.6 is 0 Å². The Bertz CT molecular complexity index is 1160. The van der Waals surface area contributed by atoms with Crippen LogP contribution in [0.1, 0.15) is 30.8 Å². The predicted octanol–water partition coefficient (Wildman–Crippen LogP) is 2.47. The summed E-state index contributed by atoms with van der Waals surface area (Å²) >= 11 is 0. The summed E-state index contributed by atoms with van der Waals surface area (Å²) in [5.74, 6) is 1.61. The molecule has 0 saturated carbocycles. The smallest absolute Gasteiger partial charge is 0.258 e. The van der Waals surface area contributed by atoms with E-state index >= 15 is 0 Å². The van der Waals surface area contributed by atoms with E-state index < -0.39 is 18.6 Å². The van der Waals surface area contributed by atoms with E-state index in [4.69, 9.17) is 19.1 Å². The van der Waals surface area contributed by atoms with Crippen molar-refractivity contribution in [1.29, 1.82) is 0 Å². The summed E-state index contributed by atoms with van der Waals surface area (Å²) < 4.78 is 16.8. The minimum Gasteiger partial charge on any atom is -0.493 e. The molecule has 2 heterocycles. The number of methoxy groups -OCH3 is 1. The Kier molecular flexibility index (Phi) is 8.78. The molecule has 188 valence electrons. The van der Waals surface area contributed by atoms with Crippen LogP contribution in [0.3, 0.4) is 0 Å². The van der Waals surface area contributed by atoms with Gasteiger partial charge in [-0.15, -0.1) is 0 Å². The Labute approximate surface area is 204 Å². The number of aliphatic hydroxyl groups excluding tert-OH is 2. The number of hydrogen-bond donors (Lipinski definition) is 3. The van der Waals surface area contributed by atoms with Gasteiger partial charge in [-0.05, 0) is 56.0 Å². The number of aromatic nitrogens is 3. The minimum atomic E-state index is -0.960. The molecule has 1 aromatic carbocycles. The van der Waals surface area contributed by atoms with Gasteiger partial charge in [-0.2, -0.15) is 4.98 Å². The molecule has 35 heavy (non-hydrogen) atoms. The summed E-state index contributed by atoms with van der Waals surface area (Å²) in [7, 11) is 1.51. The fraction of sp³-hybridized carbons (Fsp3) is 0.440. The number of carbonyl (C=O) groups excluding carboxylic acids is 1. The molecule has 3 N–H and O–H groups in total. The van der Waals surface area contributed by atoms with Crippen LogP contribution in [-0.4, -0.2) is 64.2 Å². The van der Waals surface area contributed by atoms with Gasteiger partial charge in [0, 0.05) is 29.1 Å². The van der Waals surface area contributed by atoms with Gasteiger partial charge in [-0.25, -0.2) is 0 Å². The van der Waals surface area contributed by atoms with Gasteiger partial charge in [-0.3, -0.25) is 9.78 Å². The van der Waals surface area contributed by atoms with Crippen LogP contribution in [0.15, 0.2) is 28.8 Å². The molecule has 0 fully saturated rings. The number of benzene rings is 1. The highest BCUT2D eigenvalue weighted by atomic mass is 16.5. The molecule has 1 amide bonds. The molecule has 1 atom stereocenters. The summed E-state index contributed by atoms with van der Waals surface area (Å²) in [5.41, 5.74) is 4.11. The molecule has 10 heteroatoms. The number of pyridine rings is 1. The van der Waals surface area contributed by atoms with Crippen molar-refractivity contribution in [2.24, 2.45) is 5.92 Å². The van der Waals surface area contributed by atoms with Crippen molar-refractivity contribution in [3.05, 3.63) is 41.2 Å². The van der Waals surface area contributed by atoms with Crippen molar-refractivity contribution in [3.8, 4) is 34.3 Å². The third-order valence-corrected chi connectivity index (χ3v) is 5.11. The zero-order valence-corrected chi connectivity index (χ0v) is 20.7. The number of amides is 1. The van der Waals surface area contributed by atoms with E-state index in [-0.39, 0.29) is 13.2 Å². The molecule has 0 unspecified atom stereocenters. The minimum absolute atomic E-state index is 0.0438. The number of nitrogens with zero attached hydrogens (tertiary/aromatic N) is 3. The van der Waals surface area contributed by atoms with E-state index in [1.165, 1.54) is 7.11 Å². The first-order chi connectivity index (χ1) is 16.7. The largest absolute Gasteiger partial charge is 0.493 e. The molecule has 3 rings (SSSR count). The van der Waals surface area contributed by atoms with E-state index in [0.29, 0.717) is 34.7 Å². The van der Waals surface area contributed by atoms with Crippen molar-refractivity contribution in [2.45, 2.75) is 40.2 Å². The first-order valence-electron chi connectivity index (χ1n) is 11.4. The average molecular weight is 485 g/mol. The van der Waals surface area contributed by atoms with Gasteiger partial charge in [0.15, 0.2) is 11.5 Å². The maximum atomic E-state index is 11.1. The molecule has 0 radical (unpaired) electrons. The molecular weight excluding hydrogens is 452 g/mol. The van der Waals surface area contributed by atoms with Gasteiger partial charge in [0.1, 0.15) is 19.3 Å². The van der Waals surface area contributed by atoms with Gasteiger partial charge in [0.05, 0.1) is 7.11 Å². The number of hydrogen-bond acceptors (Lipinski definition) is 9. The van der Waals surface area contributed by atoms with Crippen molar-refractivity contribution >= 4 is 5.91 Å². The molecule has 0 aliphatic carbocycles. The van der Waals surface area contributed by atoms with Gasteiger partial charge >= 0.3 is 0 Å². The van der Waals surface area contributed by atoms with Crippen LogP contribution in [-0.2, 0) is 11.2 Å². The molecule has 0 saturated heterocycles. The van der Waals surface area contributed by atoms with Gasteiger partial charge < -0.3 is 29.5 Å². The van der Waals surface area contributed by atoms with Crippen molar-refractivity contribution in [1.82, 2.24) is 20.4 Å². The lowest BCUT2D eigenvalue weighted by molar-refractivity contribution is -0.124. The van der Waals surface area contributed by atoms with Gasteiger partial charge in [0.2, 0.25) is 11.7 Å². The highest BCUT2D eigenvalue weighted by molar-refractivity contribution is 5.76. The fourth-order valence-electron chi connectivity index (χ4n) is 3.57. The molecule has 2 aromatic heterocycles. The van der Waals surface area contributed by atoms with E-state index in [9.17, 15) is 9.90 Å². The van der Waals surface area contributed by atoms with Crippen LogP contribution in [0.25, 0.3) is 22.8 Å². The second-order valence-corrected chi connectivity index (χ2v) is 8.76. The van der Waals surface area contributed by atoms with Crippen molar-refractivity contribution in [3.63, 3.8) is 0 Å². The van der Waals surface area contributed by atoms with E-state index in [1.54, 1.807) is 6.07 Å². The molecule has 0 aliphatic heterocycles. The molecule has 0 spiro atoms. The fourth-order valence-corrected chi connectivity index (χ4v) is 3.57. The Morgan fingerprint density at radius 1 is 1.14 bits per heavy atom. The first-order valence-corrected chi connectivity index (χ1v) is 11.4. The Morgan fingerprint density at radius 2 is 1.91 bits per heavy atom. The highest BCUT2D eigenvalue weighted by Crippen LogP contribution is 2.36. The van der Waals surface area contributed by atoms with Crippen LogP contribution < -0.4 is 14.8 Å². The summed E-state index contributed by atoms with van der Waals surface area (Å²) in [4.78, 5) is 20.3. The van der Waals surface area contributed by atoms with Gasteiger partial charge in [0.25, 0.3) is 5.89 Å². The highest BCUT2D eigenvalue weighted by Gasteiger charge is 2.18. The number of aryl methyl sites for hydroxylation is 2. The number of nitrogens with one attached hydrogen (secondary N) is 1. The molecule has 0 aliphatic rings. The third kappa shape index (κ3) is 7.00. The number of rotatable bonds is 11. The average Bonchev–Trinajstić information content (AvgIpc) is 3.31. The SMILES string of the molecule is COc1cc(-c2noc(-c3cc(C)nc(CC(C)C)c3)n2)cc(C)c1OC[C@H](O)CNC(=O)CO. The zero-order chi connectivity index (χ0) is 25.5. The molecule has 0 bridgehead atoms. The van der Waals surface area contributed by atoms with Crippen LogP contribution in [0, 0.1) is 19.8 Å². The molecular formula is C25H32N4O6. The number of ether oxygens (including phenoxy) is 2. The third-order valence-electron chi connectivity index (χ3n) is 5.11. The Balaban J connectivity index is 1.79. The van der Waals surface area contributed by atoms with E-state index in [1.807, 2.05) is 32.0 Å². The van der Waals surface area contributed by atoms with Crippen LogP contribution in [0.4, 0.5) is 0 Å². The Hall–Kier alpha value is -3.50. The summed E-state index contributed by atoms with van der Waals surface area (Å²) in [6.45, 7) is 7.31. The van der Waals surface area contributed by atoms with Crippen LogP contribution in [0.2, 0.25) is 0 Å². The number of aliphatic hydroxyl groups is 2. The first kappa shape index (κ1) is 26.1. The topological polar surface area (TPSA) is 140 Å². The van der Waals surface area contributed by atoms with Crippen LogP contribution in [0.5, 0.6) is 11.5 Å². The second kappa shape index (κ2) is 11.8. The molecule has 10 nitrogen and oxygen atoms in total. The lowest BCUT2D eigenvalue weighted by Gasteiger charge is -2.17. The lowest BCUT2D eigenvalue weighted by Crippen LogP contribution is -2.36. The maximum Gasteiger partial charge on any atom is 0.258 e. The normalized spacial score (nSPS) is 12.0. The monoisotopic (exact) mass is 484 g/mol.